The number of carbonyl (C=O) groups is 2. The Kier molecular flexibility index (Phi) is 10.1. The molecule has 3 aromatic carbocycles. The van der Waals surface area contributed by atoms with Crippen LogP contribution in [0.2, 0.25) is 5.02 Å². The maximum absolute atomic E-state index is 14.9. The van der Waals surface area contributed by atoms with E-state index in [2.05, 4.69) is 15.6 Å². The van der Waals surface area contributed by atoms with E-state index in [0.29, 0.717) is 11.8 Å². The molecular formula is C32H25ClF4N6O6S. The molecule has 5 aromatic rings. The number of hydrogen-bond acceptors (Lipinski definition) is 8. The first kappa shape index (κ1) is 35.7. The second-order valence-corrected chi connectivity index (χ2v) is 13.0. The Morgan fingerprint density at radius 2 is 1.72 bits per heavy atom. The molecular weight excluding hydrogens is 708 g/mol. The van der Waals surface area contributed by atoms with Gasteiger partial charge in [-0.1, -0.05) is 47.1 Å². The second-order valence-electron chi connectivity index (χ2n) is 10.8. The minimum atomic E-state index is -4.77. The van der Waals surface area contributed by atoms with E-state index < -0.39 is 56.7 Å². The lowest BCUT2D eigenvalue weighted by Gasteiger charge is -2.22. The van der Waals surface area contributed by atoms with Crippen LogP contribution >= 0.6 is 11.6 Å². The first-order chi connectivity index (χ1) is 23.5. The third-order valence-corrected chi connectivity index (χ3v) is 8.00. The molecule has 0 aliphatic rings. The minimum Gasteiger partial charge on any atom is -0.495 e. The number of pyridine rings is 1. The Balaban J connectivity index is 1.55. The number of rotatable bonds is 10. The van der Waals surface area contributed by atoms with E-state index in [9.17, 15) is 40.4 Å². The molecule has 0 radical (unpaired) electrons. The number of carbonyl (C=O) groups excluding carboxylic acids is 2. The lowest BCUT2D eigenvalue weighted by atomic mass is 10.0. The number of amides is 2. The van der Waals surface area contributed by atoms with Crippen molar-refractivity contribution in [1.82, 2.24) is 24.3 Å². The summed E-state index contributed by atoms with van der Waals surface area (Å²) in [6, 6.07) is 15.7. The number of benzene rings is 3. The first-order valence-electron chi connectivity index (χ1n) is 14.3. The average molecular weight is 733 g/mol. The highest BCUT2D eigenvalue weighted by molar-refractivity contribution is 7.89. The van der Waals surface area contributed by atoms with Crippen LogP contribution in [0.5, 0.6) is 5.75 Å². The lowest BCUT2D eigenvalue weighted by Crippen LogP contribution is -2.34. The van der Waals surface area contributed by atoms with Gasteiger partial charge in [-0.3, -0.25) is 19.0 Å². The molecule has 5 rings (SSSR count). The fourth-order valence-electron chi connectivity index (χ4n) is 4.96. The molecule has 0 fully saturated rings. The Hall–Kier alpha value is -5.55. The molecule has 50 heavy (non-hydrogen) atoms. The fraction of sp³-hybridized carbons (Fsp3) is 0.156. The summed E-state index contributed by atoms with van der Waals surface area (Å²) >= 11 is 6.25. The Morgan fingerprint density at radius 3 is 2.34 bits per heavy atom. The van der Waals surface area contributed by atoms with Crippen LogP contribution in [-0.2, 0) is 27.4 Å². The van der Waals surface area contributed by atoms with E-state index in [0.717, 1.165) is 33.7 Å². The highest BCUT2D eigenvalue weighted by atomic mass is 35.5. The maximum atomic E-state index is 14.9. The van der Waals surface area contributed by atoms with Crippen molar-refractivity contribution in [2.45, 2.75) is 18.6 Å². The quantitative estimate of drug-likeness (QED) is 0.190. The second kappa shape index (κ2) is 14.1. The molecule has 2 heterocycles. The van der Waals surface area contributed by atoms with Crippen LogP contribution in [0.25, 0.3) is 16.8 Å². The van der Waals surface area contributed by atoms with Crippen LogP contribution in [0.4, 0.5) is 23.2 Å². The number of anilines is 1. The molecule has 0 bridgehead atoms. The summed E-state index contributed by atoms with van der Waals surface area (Å²) in [5.41, 5.74) is -1.67. The summed E-state index contributed by atoms with van der Waals surface area (Å²) < 4.78 is 86.7. The zero-order valence-corrected chi connectivity index (χ0v) is 27.5. The van der Waals surface area contributed by atoms with Crippen molar-refractivity contribution < 1.29 is 40.3 Å². The van der Waals surface area contributed by atoms with Crippen molar-refractivity contribution in [1.29, 1.82) is 0 Å². The summed E-state index contributed by atoms with van der Waals surface area (Å²) in [4.78, 5) is 39.7. The van der Waals surface area contributed by atoms with Crippen LogP contribution in [-0.4, -0.2) is 53.2 Å². The number of alkyl halides is 3. The van der Waals surface area contributed by atoms with Crippen molar-refractivity contribution in [3.63, 3.8) is 0 Å². The van der Waals surface area contributed by atoms with E-state index in [1.165, 1.54) is 37.6 Å². The Morgan fingerprint density at radius 1 is 1.00 bits per heavy atom. The molecule has 2 amide bonds. The number of aromatic nitrogens is 4. The zero-order valence-electron chi connectivity index (χ0n) is 25.9. The van der Waals surface area contributed by atoms with Gasteiger partial charge < -0.3 is 10.1 Å². The monoisotopic (exact) mass is 732 g/mol. The van der Waals surface area contributed by atoms with Gasteiger partial charge in [-0.2, -0.15) is 13.2 Å². The van der Waals surface area contributed by atoms with E-state index >= 15 is 0 Å². The highest BCUT2D eigenvalue weighted by Gasteiger charge is 2.35. The number of hydrogen-bond donors (Lipinski definition) is 2. The third-order valence-electron chi connectivity index (χ3n) is 7.21. The third kappa shape index (κ3) is 8.18. The smallest absolute Gasteiger partial charge is 0.436 e. The van der Waals surface area contributed by atoms with Crippen LogP contribution in [0.15, 0.2) is 90.0 Å². The molecule has 12 nitrogen and oxygen atoms in total. The molecule has 1 atom stereocenters. The van der Waals surface area contributed by atoms with Crippen molar-refractivity contribution >= 4 is 39.1 Å². The standard InChI is InChI=1S/C32H25ClF4N6O6S/c1-49-27-16-42(29(44)15-23(27)22-13-19(33)8-11-25(22)43-17-28(39-41-43)32(35,36)37)26(12-18-6-4-3-5-7-18)31(46)38-20-9-10-21(24(34)14-20)30(45)40-50(2,47)48/h3-11,13-17,26H,12H2,1-2H3,(H,38,46)(H,40,45)/t26-/m0/s1. The topological polar surface area (TPSA) is 154 Å². The average Bonchev–Trinajstić information content (AvgIpc) is 3.54. The Bertz CT molecular complexity index is 2260. The molecule has 0 aliphatic heterocycles. The van der Waals surface area contributed by atoms with Crippen LogP contribution in [0.3, 0.4) is 0 Å². The molecule has 0 aliphatic carbocycles. The lowest BCUT2D eigenvalue weighted by molar-refractivity contribution is -0.141. The Labute approximate surface area is 286 Å². The van der Waals surface area contributed by atoms with E-state index in [1.807, 2.05) is 0 Å². The van der Waals surface area contributed by atoms with Gasteiger partial charge in [0.25, 0.3) is 11.5 Å². The minimum absolute atomic E-state index is 0.0300. The van der Waals surface area contributed by atoms with Crippen molar-refractivity contribution in [2.24, 2.45) is 0 Å². The normalized spacial score (nSPS) is 12.3. The van der Waals surface area contributed by atoms with Crippen molar-refractivity contribution in [3.8, 4) is 22.6 Å². The predicted octanol–water partition coefficient (Wildman–Crippen LogP) is 5.03. The zero-order chi connectivity index (χ0) is 36.4. The number of nitrogens with zero attached hydrogens (tertiary/aromatic N) is 4. The molecule has 260 valence electrons. The summed E-state index contributed by atoms with van der Waals surface area (Å²) in [6.07, 6.45) is -2.15. The number of methoxy groups -OCH3 is 1. The molecule has 2 aromatic heterocycles. The van der Waals surface area contributed by atoms with Gasteiger partial charge in [-0.15, -0.1) is 5.10 Å². The summed E-state index contributed by atoms with van der Waals surface area (Å²) in [7, 11) is -2.69. The van der Waals surface area contributed by atoms with Gasteiger partial charge in [-0.05, 0) is 42.0 Å². The van der Waals surface area contributed by atoms with Crippen molar-refractivity contribution in [2.75, 3.05) is 18.7 Å². The number of nitrogens with one attached hydrogen (secondary N) is 2. The van der Waals surface area contributed by atoms with Gasteiger partial charge in [0.15, 0.2) is 5.69 Å². The van der Waals surface area contributed by atoms with Gasteiger partial charge in [0.1, 0.15) is 17.6 Å². The molecule has 0 saturated heterocycles. The molecule has 18 heteroatoms. The highest BCUT2D eigenvalue weighted by Crippen LogP contribution is 2.36. The van der Waals surface area contributed by atoms with Gasteiger partial charge >= 0.3 is 6.18 Å². The van der Waals surface area contributed by atoms with Crippen LogP contribution < -0.4 is 20.3 Å². The van der Waals surface area contributed by atoms with Crippen LogP contribution in [0, 0.1) is 5.82 Å². The predicted molar refractivity (Wildman–Crippen MR) is 174 cm³/mol. The van der Waals surface area contributed by atoms with E-state index in [4.69, 9.17) is 16.3 Å². The summed E-state index contributed by atoms with van der Waals surface area (Å²) in [6.45, 7) is 0. The number of halogens is 5. The maximum Gasteiger partial charge on any atom is 0.436 e. The van der Waals surface area contributed by atoms with Gasteiger partial charge in [-0.25, -0.2) is 22.2 Å². The SMILES string of the molecule is COc1cn([C@@H](Cc2ccccc2)C(=O)Nc2ccc(C(=O)NS(C)(=O)=O)c(F)c2)c(=O)cc1-c1cc(Cl)ccc1-n1cc(C(F)(F)F)nn1. The largest absolute Gasteiger partial charge is 0.495 e. The number of sulfonamides is 1. The van der Waals surface area contributed by atoms with Gasteiger partial charge in [0.2, 0.25) is 15.9 Å². The molecule has 2 N–H and O–H groups in total. The fourth-order valence-corrected chi connectivity index (χ4v) is 5.58. The molecule has 0 saturated carbocycles. The van der Waals surface area contributed by atoms with Gasteiger partial charge in [0.05, 0.1) is 37.0 Å². The van der Waals surface area contributed by atoms with Gasteiger partial charge in [0, 0.05) is 34.3 Å². The summed E-state index contributed by atoms with van der Waals surface area (Å²) in [5, 5.41) is 9.48. The molecule has 0 unspecified atom stereocenters. The van der Waals surface area contributed by atoms with E-state index in [-0.39, 0.29) is 39.7 Å². The number of ether oxygens (including phenoxy) is 1. The van der Waals surface area contributed by atoms with Crippen LogP contribution in [0.1, 0.15) is 27.7 Å². The van der Waals surface area contributed by atoms with E-state index in [1.54, 1.807) is 35.1 Å². The summed E-state index contributed by atoms with van der Waals surface area (Å²) in [5.74, 6) is -3.08. The molecule has 0 spiro atoms. The van der Waals surface area contributed by atoms with Crippen molar-refractivity contribution in [3.05, 3.63) is 123 Å². The first-order valence-corrected chi connectivity index (χ1v) is 16.6.